The lowest BCUT2D eigenvalue weighted by Gasteiger charge is -2.33. The van der Waals surface area contributed by atoms with Crippen LogP contribution in [0, 0.1) is 6.92 Å². The molecule has 2 aromatic carbocycles. The van der Waals surface area contributed by atoms with Gasteiger partial charge in [0.1, 0.15) is 12.4 Å². The van der Waals surface area contributed by atoms with Crippen molar-refractivity contribution in [2.75, 3.05) is 26.2 Å². The van der Waals surface area contributed by atoms with Gasteiger partial charge in [-0.15, -0.1) is 0 Å². The standard InChI is InChI=1S/C22H24N4O3S/c1-18-23-20-9-5-6-10-21(20)26(18)17-22(27)24-12-14-25(15-13-24)30(28,29)16-11-19-7-3-2-4-8-19/h2-11,16H,12-15,17H2,1H3. The minimum atomic E-state index is -3.52. The molecule has 156 valence electrons. The van der Waals surface area contributed by atoms with Gasteiger partial charge in [-0.1, -0.05) is 42.5 Å². The van der Waals surface area contributed by atoms with E-state index in [4.69, 9.17) is 0 Å². The minimum Gasteiger partial charge on any atom is -0.339 e. The van der Waals surface area contributed by atoms with E-state index >= 15 is 0 Å². The number of hydrogen-bond donors (Lipinski definition) is 0. The Morgan fingerprint density at radius 3 is 2.40 bits per heavy atom. The Labute approximate surface area is 176 Å². The molecule has 7 nitrogen and oxygen atoms in total. The lowest BCUT2D eigenvalue weighted by molar-refractivity contribution is -0.133. The second kappa shape index (κ2) is 8.41. The Bertz CT molecular complexity index is 1180. The van der Waals surface area contributed by atoms with Crippen LogP contribution in [0.4, 0.5) is 0 Å². The number of hydrogen-bond acceptors (Lipinski definition) is 4. The van der Waals surface area contributed by atoms with Crippen molar-refractivity contribution in [3.8, 4) is 0 Å². The molecule has 1 fully saturated rings. The van der Waals surface area contributed by atoms with Gasteiger partial charge in [-0.25, -0.2) is 13.4 Å². The molecule has 4 rings (SSSR count). The fourth-order valence-corrected chi connectivity index (χ4v) is 4.81. The van der Waals surface area contributed by atoms with Crippen LogP contribution in [0.25, 0.3) is 17.1 Å². The van der Waals surface area contributed by atoms with Crippen molar-refractivity contribution in [1.29, 1.82) is 0 Å². The molecule has 30 heavy (non-hydrogen) atoms. The molecule has 1 aromatic heterocycles. The van der Waals surface area contributed by atoms with Gasteiger partial charge in [0.05, 0.1) is 11.0 Å². The van der Waals surface area contributed by atoms with Gasteiger partial charge in [0, 0.05) is 31.6 Å². The summed E-state index contributed by atoms with van der Waals surface area (Å²) in [6.07, 6.45) is 1.60. The highest BCUT2D eigenvalue weighted by Gasteiger charge is 2.27. The summed E-state index contributed by atoms with van der Waals surface area (Å²) in [7, 11) is -3.52. The Balaban J connectivity index is 1.38. The first-order valence-electron chi connectivity index (χ1n) is 9.87. The number of aryl methyl sites for hydroxylation is 1. The quantitative estimate of drug-likeness (QED) is 0.631. The van der Waals surface area contributed by atoms with Gasteiger partial charge < -0.3 is 9.47 Å². The van der Waals surface area contributed by atoms with Crippen LogP contribution in [0.1, 0.15) is 11.4 Å². The molecule has 0 bridgehead atoms. The van der Waals surface area contributed by atoms with E-state index in [2.05, 4.69) is 4.98 Å². The van der Waals surface area contributed by atoms with E-state index in [9.17, 15) is 13.2 Å². The summed E-state index contributed by atoms with van der Waals surface area (Å²) >= 11 is 0. The van der Waals surface area contributed by atoms with Crippen LogP contribution < -0.4 is 0 Å². The molecule has 0 unspecified atom stereocenters. The van der Waals surface area contributed by atoms with Gasteiger partial charge in [-0.3, -0.25) is 4.79 Å². The van der Waals surface area contributed by atoms with Gasteiger partial charge in [0.2, 0.25) is 15.9 Å². The van der Waals surface area contributed by atoms with Crippen LogP contribution >= 0.6 is 0 Å². The average molecular weight is 425 g/mol. The Hall–Kier alpha value is -2.97. The highest BCUT2D eigenvalue weighted by Crippen LogP contribution is 2.17. The summed E-state index contributed by atoms with van der Waals surface area (Å²) in [4.78, 5) is 19.0. The Kier molecular flexibility index (Phi) is 5.69. The zero-order valence-electron chi connectivity index (χ0n) is 16.8. The van der Waals surface area contributed by atoms with E-state index in [1.54, 1.807) is 11.0 Å². The number of amides is 1. The smallest absolute Gasteiger partial charge is 0.242 e. The highest BCUT2D eigenvalue weighted by molar-refractivity contribution is 7.92. The second-order valence-corrected chi connectivity index (χ2v) is 9.09. The first-order valence-corrected chi connectivity index (χ1v) is 11.4. The molecule has 0 aliphatic carbocycles. The zero-order valence-corrected chi connectivity index (χ0v) is 17.6. The van der Waals surface area contributed by atoms with Crippen molar-refractivity contribution in [2.24, 2.45) is 0 Å². The first kappa shape index (κ1) is 20.3. The van der Waals surface area contributed by atoms with E-state index in [1.807, 2.05) is 66.1 Å². The third-order valence-corrected chi connectivity index (χ3v) is 6.89. The topological polar surface area (TPSA) is 75.5 Å². The van der Waals surface area contributed by atoms with E-state index in [1.165, 1.54) is 9.71 Å². The third kappa shape index (κ3) is 4.29. The van der Waals surface area contributed by atoms with E-state index in [0.29, 0.717) is 13.1 Å². The van der Waals surface area contributed by atoms with Gasteiger partial charge in [0.15, 0.2) is 0 Å². The van der Waals surface area contributed by atoms with Gasteiger partial charge in [-0.2, -0.15) is 4.31 Å². The molecule has 1 saturated heterocycles. The van der Waals surface area contributed by atoms with Crippen molar-refractivity contribution in [3.05, 3.63) is 71.4 Å². The molecule has 0 atom stereocenters. The zero-order chi connectivity index (χ0) is 21.1. The molecule has 1 aliphatic heterocycles. The van der Waals surface area contributed by atoms with Crippen LogP contribution in [-0.2, 0) is 21.4 Å². The maximum atomic E-state index is 12.8. The molecular weight excluding hydrogens is 400 g/mol. The highest BCUT2D eigenvalue weighted by atomic mass is 32.2. The molecule has 2 heterocycles. The maximum Gasteiger partial charge on any atom is 0.242 e. The van der Waals surface area contributed by atoms with Gasteiger partial charge in [0.25, 0.3) is 0 Å². The lowest BCUT2D eigenvalue weighted by Crippen LogP contribution is -2.50. The molecule has 0 radical (unpaired) electrons. The summed E-state index contributed by atoms with van der Waals surface area (Å²) in [5, 5.41) is 1.24. The third-order valence-electron chi connectivity index (χ3n) is 5.32. The summed E-state index contributed by atoms with van der Waals surface area (Å²) < 4.78 is 28.5. The predicted molar refractivity (Wildman–Crippen MR) is 117 cm³/mol. The van der Waals surface area contributed by atoms with Gasteiger partial charge in [-0.05, 0) is 30.7 Å². The number of para-hydroxylation sites is 2. The number of rotatable bonds is 5. The van der Waals surface area contributed by atoms with E-state index < -0.39 is 10.0 Å². The summed E-state index contributed by atoms with van der Waals surface area (Å²) in [6.45, 7) is 3.42. The van der Waals surface area contributed by atoms with E-state index in [0.717, 1.165) is 22.4 Å². The molecule has 3 aromatic rings. The predicted octanol–water partition coefficient (Wildman–Crippen LogP) is 2.49. The second-order valence-electron chi connectivity index (χ2n) is 7.27. The lowest BCUT2D eigenvalue weighted by atomic mass is 10.2. The number of nitrogens with zero attached hydrogens (tertiary/aromatic N) is 4. The fourth-order valence-electron chi connectivity index (χ4n) is 3.64. The number of sulfonamides is 1. The molecular formula is C22H24N4O3S. The summed E-state index contributed by atoms with van der Waals surface area (Å²) in [6, 6.07) is 17.0. The maximum absolute atomic E-state index is 12.8. The molecule has 8 heteroatoms. The molecule has 1 aliphatic rings. The van der Waals surface area contributed by atoms with Crippen molar-refractivity contribution in [1.82, 2.24) is 18.8 Å². The summed E-state index contributed by atoms with van der Waals surface area (Å²) in [5.41, 5.74) is 2.62. The molecule has 1 amide bonds. The van der Waals surface area contributed by atoms with E-state index in [-0.39, 0.29) is 25.5 Å². The Morgan fingerprint density at radius 1 is 1.00 bits per heavy atom. The first-order chi connectivity index (χ1) is 14.4. The van der Waals surface area contributed by atoms with Gasteiger partial charge >= 0.3 is 0 Å². The number of imidazole rings is 1. The van der Waals surface area contributed by atoms with Crippen molar-refractivity contribution >= 4 is 33.0 Å². The molecule has 0 saturated carbocycles. The van der Waals surface area contributed by atoms with Crippen molar-refractivity contribution in [2.45, 2.75) is 13.5 Å². The monoisotopic (exact) mass is 424 g/mol. The fraction of sp³-hybridized carbons (Fsp3) is 0.273. The van der Waals surface area contributed by atoms with Crippen molar-refractivity contribution in [3.63, 3.8) is 0 Å². The average Bonchev–Trinajstić information content (AvgIpc) is 3.08. The number of benzene rings is 2. The normalized spacial score (nSPS) is 15.8. The Morgan fingerprint density at radius 2 is 1.67 bits per heavy atom. The number of fused-ring (bicyclic) bond motifs is 1. The van der Waals surface area contributed by atoms with Crippen molar-refractivity contribution < 1.29 is 13.2 Å². The summed E-state index contributed by atoms with van der Waals surface area (Å²) in [5.74, 6) is 0.759. The van der Waals surface area contributed by atoms with Crippen LogP contribution in [0.2, 0.25) is 0 Å². The largest absolute Gasteiger partial charge is 0.339 e. The van der Waals surface area contributed by atoms with Crippen LogP contribution in [-0.4, -0.2) is 59.3 Å². The number of piperazine rings is 1. The number of carbonyl (C=O) groups is 1. The van der Waals surface area contributed by atoms with Crippen LogP contribution in [0.3, 0.4) is 0 Å². The van der Waals surface area contributed by atoms with Crippen LogP contribution in [0.5, 0.6) is 0 Å². The number of aromatic nitrogens is 2. The minimum absolute atomic E-state index is 0.0295. The number of carbonyl (C=O) groups excluding carboxylic acids is 1. The molecule has 0 N–H and O–H groups in total. The SMILES string of the molecule is Cc1nc2ccccc2n1CC(=O)N1CCN(S(=O)(=O)C=Cc2ccccc2)CC1. The van der Waals surface area contributed by atoms with Crippen LogP contribution in [0.15, 0.2) is 60.0 Å². The molecule has 0 spiro atoms.